The summed E-state index contributed by atoms with van der Waals surface area (Å²) in [5, 5.41) is 0. The highest BCUT2D eigenvalue weighted by atomic mass is 19.1. The summed E-state index contributed by atoms with van der Waals surface area (Å²) in [5.41, 5.74) is 8.78. The molecule has 1 saturated carbocycles. The first-order chi connectivity index (χ1) is 8.25. The number of benzene rings is 1. The Balaban J connectivity index is 2.06. The van der Waals surface area contributed by atoms with Gasteiger partial charge in [0.2, 0.25) is 0 Å². The fourth-order valence-corrected chi connectivity index (χ4v) is 3.96. The van der Waals surface area contributed by atoms with Crippen molar-refractivity contribution in [3.05, 3.63) is 35.1 Å². The topological polar surface area (TPSA) is 26.0 Å². The molecule has 0 saturated heterocycles. The number of hydrogen-bond donors (Lipinski definition) is 1. The maximum absolute atomic E-state index is 13.4. The first kappa shape index (κ1) is 11.2. The highest BCUT2D eigenvalue weighted by Crippen LogP contribution is 2.53. The van der Waals surface area contributed by atoms with Crippen LogP contribution in [0.3, 0.4) is 0 Å². The van der Waals surface area contributed by atoms with Gasteiger partial charge in [0.25, 0.3) is 0 Å². The van der Waals surface area contributed by atoms with Gasteiger partial charge in [0.15, 0.2) is 0 Å². The van der Waals surface area contributed by atoms with E-state index in [9.17, 15) is 4.39 Å². The minimum absolute atomic E-state index is 0.116. The summed E-state index contributed by atoms with van der Waals surface area (Å²) in [6, 6.07) is 5.36. The van der Waals surface area contributed by atoms with Gasteiger partial charge in [-0.2, -0.15) is 0 Å². The summed E-state index contributed by atoms with van der Waals surface area (Å²) in [5.74, 6) is 0.258. The fraction of sp³-hybridized carbons (Fsp3) is 0.600. The summed E-state index contributed by atoms with van der Waals surface area (Å²) in [6.45, 7) is 0.651. The second kappa shape index (κ2) is 4.09. The third kappa shape index (κ3) is 1.70. The molecule has 3 rings (SSSR count). The Kier molecular flexibility index (Phi) is 2.70. The van der Waals surface area contributed by atoms with Crippen LogP contribution in [0, 0.1) is 5.82 Å². The van der Waals surface area contributed by atoms with Crippen LogP contribution < -0.4 is 5.73 Å². The third-order valence-electron chi connectivity index (χ3n) is 4.76. The van der Waals surface area contributed by atoms with Crippen LogP contribution in [0.25, 0.3) is 0 Å². The maximum Gasteiger partial charge on any atom is 0.123 e. The lowest BCUT2D eigenvalue weighted by Gasteiger charge is -2.35. The molecule has 2 heteroatoms. The molecule has 1 aromatic carbocycles. The molecule has 2 aliphatic carbocycles. The molecule has 2 N–H and O–H groups in total. The van der Waals surface area contributed by atoms with Gasteiger partial charge in [-0.15, -0.1) is 0 Å². The first-order valence-corrected chi connectivity index (χ1v) is 6.75. The van der Waals surface area contributed by atoms with Gasteiger partial charge in [-0.3, -0.25) is 0 Å². The lowest BCUT2D eigenvalue weighted by Crippen LogP contribution is -2.26. The summed E-state index contributed by atoms with van der Waals surface area (Å²) >= 11 is 0. The van der Waals surface area contributed by atoms with Gasteiger partial charge in [-0.25, -0.2) is 4.39 Å². The molecule has 0 amide bonds. The SMILES string of the molecule is NCC1CC2(CCCCC2)c2ccc(F)cc21. The van der Waals surface area contributed by atoms with E-state index >= 15 is 0 Å². The van der Waals surface area contributed by atoms with E-state index in [2.05, 4.69) is 0 Å². The van der Waals surface area contributed by atoms with E-state index in [1.807, 2.05) is 6.07 Å². The number of nitrogens with two attached hydrogens (primary N) is 1. The van der Waals surface area contributed by atoms with Crippen molar-refractivity contribution in [2.45, 2.75) is 49.9 Å². The average molecular weight is 233 g/mol. The molecule has 0 bridgehead atoms. The van der Waals surface area contributed by atoms with Gasteiger partial charge < -0.3 is 5.73 Å². The summed E-state index contributed by atoms with van der Waals surface area (Å²) in [4.78, 5) is 0. The van der Waals surface area contributed by atoms with Gasteiger partial charge in [-0.05, 0) is 60.4 Å². The molecule has 92 valence electrons. The summed E-state index contributed by atoms with van der Waals surface area (Å²) < 4.78 is 13.4. The minimum Gasteiger partial charge on any atom is -0.330 e. The van der Waals surface area contributed by atoms with E-state index in [4.69, 9.17) is 5.73 Å². The molecule has 0 aliphatic heterocycles. The van der Waals surface area contributed by atoms with Crippen molar-refractivity contribution in [2.24, 2.45) is 5.73 Å². The van der Waals surface area contributed by atoms with Crippen molar-refractivity contribution in [1.29, 1.82) is 0 Å². The average Bonchev–Trinajstić information content (AvgIpc) is 2.64. The van der Waals surface area contributed by atoms with Crippen molar-refractivity contribution in [1.82, 2.24) is 0 Å². The minimum atomic E-state index is -0.116. The zero-order valence-electron chi connectivity index (χ0n) is 10.2. The molecule has 0 aromatic heterocycles. The second-order valence-corrected chi connectivity index (χ2v) is 5.71. The highest BCUT2D eigenvalue weighted by molar-refractivity contribution is 5.43. The Morgan fingerprint density at radius 1 is 1.24 bits per heavy atom. The molecular weight excluding hydrogens is 213 g/mol. The van der Waals surface area contributed by atoms with E-state index in [0.717, 1.165) is 6.42 Å². The first-order valence-electron chi connectivity index (χ1n) is 6.75. The van der Waals surface area contributed by atoms with Crippen LogP contribution >= 0.6 is 0 Å². The van der Waals surface area contributed by atoms with Gasteiger partial charge in [0.1, 0.15) is 5.82 Å². The Morgan fingerprint density at radius 2 is 2.00 bits per heavy atom. The number of halogens is 1. The Hall–Kier alpha value is -0.890. The van der Waals surface area contributed by atoms with Gasteiger partial charge in [0, 0.05) is 0 Å². The molecule has 1 atom stereocenters. The fourth-order valence-electron chi connectivity index (χ4n) is 3.96. The number of hydrogen-bond acceptors (Lipinski definition) is 1. The summed E-state index contributed by atoms with van der Waals surface area (Å²) in [6.07, 6.45) is 7.65. The molecule has 2 aliphatic rings. The normalized spacial score (nSPS) is 26.1. The van der Waals surface area contributed by atoms with Crippen LogP contribution in [0.1, 0.15) is 55.6 Å². The van der Waals surface area contributed by atoms with E-state index < -0.39 is 0 Å². The van der Waals surface area contributed by atoms with E-state index in [1.165, 1.54) is 43.2 Å². The molecule has 1 unspecified atom stereocenters. The molecule has 0 radical (unpaired) electrons. The van der Waals surface area contributed by atoms with E-state index in [1.54, 1.807) is 12.1 Å². The van der Waals surface area contributed by atoms with Crippen LogP contribution in [0.2, 0.25) is 0 Å². The standard InChI is InChI=1S/C15H20FN/c16-12-4-5-14-13(8-12)11(10-17)9-15(14)6-2-1-3-7-15/h4-5,8,11H,1-3,6-7,9-10,17H2. The van der Waals surface area contributed by atoms with Crippen molar-refractivity contribution < 1.29 is 4.39 Å². The van der Waals surface area contributed by atoms with Crippen molar-refractivity contribution in [2.75, 3.05) is 6.54 Å². The Bertz CT molecular complexity index is 421. The van der Waals surface area contributed by atoms with Crippen LogP contribution in [0.15, 0.2) is 18.2 Å². The zero-order valence-corrected chi connectivity index (χ0v) is 10.2. The molecule has 1 fully saturated rings. The Morgan fingerprint density at radius 3 is 2.71 bits per heavy atom. The molecule has 1 aromatic rings. The number of fused-ring (bicyclic) bond motifs is 2. The monoisotopic (exact) mass is 233 g/mol. The highest BCUT2D eigenvalue weighted by Gasteiger charge is 2.43. The smallest absolute Gasteiger partial charge is 0.123 e. The van der Waals surface area contributed by atoms with Crippen LogP contribution in [0.5, 0.6) is 0 Å². The number of rotatable bonds is 1. The van der Waals surface area contributed by atoms with Crippen LogP contribution in [0.4, 0.5) is 4.39 Å². The van der Waals surface area contributed by atoms with E-state index in [-0.39, 0.29) is 5.82 Å². The maximum atomic E-state index is 13.4. The van der Waals surface area contributed by atoms with Gasteiger partial charge in [-0.1, -0.05) is 25.3 Å². The van der Waals surface area contributed by atoms with Crippen molar-refractivity contribution >= 4 is 0 Å². The molecule has 1 spiro atoms. The van der Waals surface area contributed by atoms with Gasteiger partial charge in [0.05, 0.1) is 0 Å². The zero-order chi connectivity index (χ0) is 11.9. The van der Waals surface area contributed by atoms with Crippen LogP contribution in [-0.2, 0) is 5.41 Å². The van der Waals surface area contributed by atoms with Crippen molar-refractivity contribution in [3.8, 4) is 0 Å². The molecule has 0 heterocycles. The molecule has 17 heavy (non-hydrogen) atoms. The summed E-state index contributed by atoms with van der Waals surface area (Å²) in [7, 11) is 0. The lowest BCUT2D eigenvalue weighted by molar-refractivity contribution is 0.280. The van der Waals surface area contributed by atoms with Crippen LogP contribution in [-0.4, -0.2) is 6.54 Å². The largest absolute Gasteiger partial charge is 0.330 e. The van der Waals surface area contributed by atoms with E-state index in [0.29, 0.717) is 17.9 Å². The third-order valence-corrected chi connectivity index (χ3v) is 4.76. The Labute approximate surface area is 102 Å². The van der Waals surface area contributed by atoms with Gasteiger partial charge >= 0.3 is 0 Å². The molecular formula is C15H20FN. The quantitative estimate of drug-likeness (QED) is 0.789. The lowest BCUT2D eigenvalue weighted by atomic mass is 9.70. The second-order valence-electron chi connectivity index (χ2n) is 5.71. The van der Waals surface area contributed by atoms with Crippen molar-refractivity contribution in [3.63, 3.8) is 0 Å². The predicted octanol–water partition coefficient (Wildman–Crippen LogP) is 3.47. The predicted molar refractivity (Wildman–Crippen MR) is 67.6 cm³/mol. The molecule has 1 nitrogen and oxygen atoms in total.